The monoisotopic (exact) mass is 558 g/mol. The number of likely N-dealkylation sites (N-methyl/N-ethyl adjacent to an activating group) is 1. The van der Waals surface area contributed by atoms with Crippen LogP contribution in [0.5, 0.6) is 5.75 Å². The van der Waals surface area contributed by atoms with Crippen LogP contribution in [-0.2, 0) is 27.3 Å². The van der Waals surface area contributed by atoms with Crippen LogP contribution in [0.1, 0.15) is 23.1 Å². The first-order valence-corrected chi connectivity index (χ1v) is 13.4. The normalized spacial score (nSPS) is 28.3. The number of primary amides is 1. The third-order valence-electron chi connectivity index (χ3n) is 9.12. The predicted octanol–water partition coefficient (Wildman–Crippen LogP) is 1.22. The van der Waals surface area contributed by atoms with Crippen molar-refractivity contribution >= 4 is 34.0 Å². The number of carbonyl (C=O) groups excluding carboxylic acids is 3. The Morgan fingerprint density at radius 2 is 1.90 bits per heavy atom. The molecule has 0 spiro atoms. The Labute approximate surface area is 235 Å². The Hall–Kier alpha value is -4.24. The van der Waals surface area contributed by atoms with Crippen molar-refractivity contribution in [1.29, 1.82) is 0 Å². The summed E-state index contributed by atoms with van der Waals surface area (Å²) in [6.07, 6.45) is 0.288. The molecule has 4 aliphatic rings. The zero-order chi connectivity index (χ0) is 29.5. The Morgan fingerprint density at radius 3 is 2.54 bits per heavy atom. The van der Waals surface area contributed by atoms with Crippen molar-refractivity contribution in [3.8, 4) is 5.75 Å². The van der Waals surface area contributed by atoms with E-state index >= 15 is 0 Å². The van der Waals surface area contributed by atoms with E-state index in [2.05, 4.69) is 9.74 Å². The van der Waals surface area contributed by atoms with Gasteiger partial charge >= 0.3 is 0 Å². The van der Waals surface area contributed by atoms with Crippen LogP contribution in [0.15, 0.2) is 41.2 Å². The molecule has 6 N–H and O–H groups in total. The summed E-state index contributed by atoms with van der Waals surface area (Å²) in [5, 5.41) is 46.8. The molecule has 1 saturated carbocycles. The molecule has 0 bridgehead atoms. The molecule has 212 valence electrons. The molecule has 0 aromatic heterocycles. The maximum Gasteiger partial charge on any atom is 0.255 e. The van der Waals surface area contributed by atoms with Gasteiger partial charge < -0.3 is 31.0 Å². The molecule has 2 aromatic rings. The van der Waals surface area contributed by atoms with E-state index in [0.29, 0.717) is 30.6 Å². The fourth-order valence-electron chi connectivity index (χ4n) is 7.17. The second kappa shape index (κ2) is 9.14. The molecule has 1 heterocycles. The summed E-state index contributed by atoms with van der Waals surface area (Å²) in [5.41, 5.74) is 3.30. The van der Waals surface area contributed by atoms with Crippen molar-refractivity contribution in [1.82, 2.24) is 9.80 Å². The molecule has 11 nitrogen and oxygen atoms in total. The van der Waals surface area contributed by atoms with Crippen molar-refractivity contribution in [2.24, 2.45) is 17.6 Å². The summed E-state index contributed by atoms with van der Waals surface area (Å²) in [6.45, 7) is 9.09. The van der Waals surface area contributed by atoms with Crippen LogP contribution < -0.4 is 5.73 Å². The zero-order valence-corrected chi connectivity index (χ0v) is 22.6. The lowest BCUT2D eigenvalue weighted by Crippen LogP contribution is -2.65. The Balaban J connectivity index is 1.46. The third-order valence-corrected chi connectivity index (χ3v) is 9.12. The maximum atomic E-state index is 14.0. The molecule has 2 aromatic carbocycles. The highest BCUT2D eigenvalue weighted by atomic mass is 16.3. The first-order chi connectivity index (χ1) is 19.4. The molecule has 4 atom stereocenters. The summed E-state index contributed by atoms with van der Waals surface area (Å²) in [4.78, 5) is 46.4. The Bertz CT molecular complexity index is 1660. The van der Waals surface area contributed by atoms with Gasteiger partial charge in [0.05, 0.1) is 24.7 Å². The number of hydrogen-bond acceptors (Lipinski definition) is 9. The van der Waals surface area contributed by atoms with Crippen molar-refractivity contribution in [3.63, 3.8) is 0 Å². The van der Waals surface area contributed by atoms with Gasteiger partial charge in [-0.1, -0.05) is 18.2 Å². The number of fused-ring (bicyclic) bond motifs is 4. The number of hydrogen-bond donors (Lipinski definition) is 5. The molecule has 1 saturated heterocycles. The minimum atomic E-state index is -2.66. The number of Topliss-reactive ketones (excluding diaryl/α,β-unsaturated/α-hetero) is 2. The van der Waals surface area contributed by atoms with E-state index < -0.39 is 58.0 Å². The lowest BCUT2D eigenvalue weighted by atomic mass is 9.57. The number of ketones is 2. The van der Waals surface area contributed by atoms with E-state index in [9.17, 15) is 34.8 Å². The second-order valence-electron chi connectivity index (χ2n) is 11.8. The van der Waals surface area contributed by atoms with Crippen molar-refractivity contribution < 1.29 is 34.8 Å². The average Bonchev–Trinajstić information content (AvgIpc) is 2.88. The Kier molecular flexibility index (Phi) is 6.01. The van der Waals surface area contributed by atoms with E-state index in [1.54, 1.807) is 14.1 Å². The highest BCUT2D eigenvalue weighted by Crippen LogP contribution is 2.53. The van der Waals surface area contributed by atoms with Gasteiger partial charge in [0.25, 0.3) is 5.91 Å². The van der Waals surface area contributed by atoms with Crippen LogP contribution >= 0.6 is 0 Å². The molecule has 11 heteroatoms. The van der Waals surface area contributed by atoms with Crippen molar-refractivity contribution in [2.45, 2.75) is 37.1 Å². The molecule has 0 unspecified atom stereocenters. The van der Waals surface area contributed by atoms with Gasteiger partial charge in [0.15, 0.2) is 11.4 Å². The topological polar surface area (TPSA) is 169 Å². The van der Waals surface area contributed by atoms with Crippen LogP contribution in [0.2, 0.25) is 0 Å². The molecule has 3 aliphatic carbocycles. The van der Waals surface area contributed by atoms with E-state index in [4.69, 9.17) is 12.3 Å². The first-order valence-electron chi connectivity index (χ1n) is 13.4. The minimum absolute atomic E-state index is 0.00142. The minimum Gasteiger partial charge on any atom is -0.508 e. The van der Waals surface area contributed by atoms with Crippen LogP contribution in [0, 0.1) is 18.4 Å². The highest BCUT2D eigenvalue weighted by Gasteiger charge is 2.64. The van der Waals surface area contributed by atoms with E-state index in [1.807, 2.05) is 24.3 Å². The van der Waals surface area contributed by atoms with Gasteiger partial charge in [-0.25, -0.2) is 6.57 Å². The van der Waals surface area contributed by atoms with Crippen LogP contribution in [0.3, 0.4) is 0 Å². The number of aliphatic hydroxyl groups excluding tert-OH is 2. The van der Waals surface area contributed by atoms with Crippen LogP contribution in [0.25, 0.3) is 21.4 Å². The van der Waals surface area contributed by atoms with Crippen molar-refractivity contribution in [3.05, 3.63) is 69.3 Å². The third kappa shape index (κ3) is 3.71. The second-order valence-corrected chi connectivity index (χ2v) is 11.8. The number of carbonyl (C=O) groups is 3. The summed E-state index contributed by atoms with van der Waals surface area (Å²) in [5.74, 6) is -6.62. The molecule has 2 fully saturated rings. The fraction of sp³-hybridized carbons (Fsp3) is 0.400. The summed E-state index contributed by atoms with van der Waals surface area (Å²) < 4.78 is 0. The van der Waals surface area contributed by atoms with Gasteiger partial charge in [0.2, 0.25) is 11.8 Å². The van der Waals surface area contributed by atoms with Crippen molar-refractivity contribution in [2.75, 3.05) is 27.2 Å². The molecule has 6 rings (SSSR count). The summed E-state index contributed by atoms with van der Waals surface area (Å²) >= 11 is 0. The first kappa shape index (κ1) is 27.0. The molecule has 41 heavy (non-hydrogen) atoms. The number of phenolic OH excluding ortho intramolecular Hbond substituents is 1. The molecular formula is C30H30N4O7. The van der Waals surface area contributed by atoms with Gasteiger partial charge in [-0.3, -0.25) is 24.2 Å². The summed E-state index contributed by atoms with van der Waals surface area (Å²) in [7, 11) is 3.13. The van der Waals surface area contributed by atoms with Gasteiger partial charge in [0, 0.05) is 23.4 Å². The standard InChI is InChI=1S/C30H30N4O7/c1-32-17-11-34(12-17)10-13-4-5-14-7-15-8-16-9-19-23(33(2)3)26(37)22(29(31)40)28(39)30(19,41)27(38)21(16)25(36)20(15)24(35)18(14)6-13/h4-7,16-17,19,23,35-36,39,41H,8-12H2,2-3H3,(H2,31,40)/t16-,19-,23-,30-/m0/s1. The quantitative estimate of drug-likeness (QED) is 0.274. The number of aliphatic hydroxyl groups is 3. The van der Waals surface area contributed by atoms with Gasteiger partial charge in [-0.05, 0) is 55.4 Å². The van der Waals surface area contributed by atoms with E-state index in [-0.39, 0.29) is 35.8 Å². The number of benzene rings is 2. The number of amides is 1. The van der Waals surface area contributed by atoms with E-state index in [0.717, 1.165) is 10.9 Å². The molecule has 1 amide bonds. The SMILES string of the molecule is [C-]#[N+]C1CN(Cc2ccc3cc4c(c(O)c3c2)C(O)=C2C(=O)[C@]3(O)C(O)=C(C(N)=O)C(=O)[C@@H](N(C)C)[C@@H]3C[C@@H]2C4)C1. The zero-order valence-electron chi connectivity index (χ0n) is 22.6. The lowest BCUT2D eigenvalue weighted by molar-refractivity contribution is -0.153. The molecule has 1 aliphatic heterocycles. The number of rotatable bonds is 4. The number of likely N-dealkylation sites (tertiary alicyclic amines) is 1. The van der Waals surface area contributed by atoms with Crippen LogP contribution in [0.4, 0.5) is 0 Å². The maximum absolute atomic E-state index is 14.0. The molecule has 0 radical (unpaired) electrons. The van der Waals surface area contributed by atoms with Gasteiger partial charge in [0.1, 0.15) is 22.8 Å². The number of phenols is 1. The lowest BCUT2D eigenvalue weighted by Gasteiger charge is -2.50. The van der Waals surface area contributed by atoms with E-state index in [1.165, 1.54) is 4.90 Å². The van der Waals surface area contributed by atoms with Crippen LogP contribution in [-0.4, -0.2) is 92.6 Å². The predicted molar refractivity (Wildman–Crippen MR) is 147 cm³/mol. The number of aromatic hydroxyl groups is 1. The number of nitrogens with zero attached hydrogens (tertiary/aromatic N) is 3. The largest absolute Gasteiger partial charge is 0.508 e. The number of nitrogens with two attached hydrogens (primary N) is 1. The fourth-order valence-corrected chi connectivity index (χ4v) is 7.17. The average molecular weight is 559 g/mol. The Morgan fingerprint density at radius 1 is 1.20 bits per heavy atom. The van der Waals surface area contributed by atoms with Gasteiger partial charge in [-0.15, -0.1) is 0 Å². The summed E-state index contributed by atoms with van der Waals surface area (Å²) in [6, 6.07) is 6.38. The van der Waals surface area contributed by atoms with Gasteiger partial charge in [-0.2, -0.15) is 0 Å². The smallest absolute Gasteiger partial charge is 0.255 e. The highest BCUT2D eigenvalue weighted by molar-refractivity contribution is 6.24. The molecular weight excluding hydrogens is 528 g/mol.